The number of ether oxygens (including phenoxy) is 1. The molecule has 1 aliphatic rings. The summed E-state index contributed by atoms with van der Waals surface area (Å²) in [5.41, 5.74) is 3.90. The molecule has 1 atom stereocenters. The standard InChI is InChI=1S/C22H18N2O3/c25-21(20-14-15-6-4-5-9-19(15)22(26)27-20)24-18-12-10-17(11-13-18)23-16-7-2-1-3-8-16/h1-13,20,23H,14H2,(H,24,25). The zero-order chi connectivity index (χ0) is 18.6. The number of amides is 1. The fraction of sp³-hybridized carbons (Fsp3) is 0.0909. The number of carbonyl (C=O) groups excluding carboxylic acids is 2. The predicted molar refractivity (Wildman–Crippen MR) is 104 cm³/mol. The molecule has 0 fully saturated rings. The van der Waals surface area contributed by atoms with Crippen molar-refractivity contribution in [3.63, 3.8) is 0 Å². The summed E-state index contributed by atoms with van der Waals surface area (Å²) in [6.07, 6.45) is -0.448. The summed E-state index contributed by atoms with van der Waals surface area (Å²) in [5, 5.41) is 6.09. The summed E-state index contributed by atoms with van der Waals surface area (Å²) in [5.74, 6) is -0.791. The molecule has 27 heavy (non-hydrogen) atoms. The average molecular weight is 358 g/mol. The Morgan fingerprint density at radius 3 is 2.22 bits per heavy atom. The van der Waals surface area contributed by atoms with E-state index < -0.39 is 12.1 Å². The Labute approximate surface area is 157 Å². The summed E-state index contributed by atoms with van der Waals surface area (Å²) in [6.45, 7) is 0. The number of rotatable bonds is 4. The molecule has 1 amide bonds. The van der Waals surface area contributed by atoms with Crippen molar-refractivity contribution >= 4 is 28.9 Å². The van der Waals surface area contributed by atoms with E-state index in [9.17, 15) is 9.59 Å². The Morgan fingerprint density at radius 1 is 0.815 bits per heavy atom. The SMILES string of the molecule is O=C1OC(C(=O)Nc2ccc(Nc3ccccc3)cc2)Cc2ccccc21. The number of nitrogens with one attached hydrogen (secondary N) is 2. The number of fused-ring (bicyclic) bond motifs is 1. The summed E-state index contributed by atoms with van der Waals surface area (Å²) < 4.78 is 5.29. The molecule has 0 spiro atoms. The van der Waals surface area contributed by atoms with Crippen LogP contribution >= 0.6 is 0 Å². The van der Waals surface area contributed by atoms with E-state index in [1.807, 2.05) is 66.7 Å². The second-order valence-corrected chi connectivity index (χ2v) is 6.31. The van der Waals surface area contributed by atoms with Gasteiger partial charge < -0.3 is 15.4 Å². The number of anilines is 3. The maximum Gasteiger partial charge on any atom is 0.339 e. The molecule has 0 saturated heterocycles. The lowest BCUT2D eigenvalue weighted by atomic mass is 9.98. The number of hydrogen-bond donors (Lipinski definition) is 2. The Morgan fingerprint density at radius 2 is 1.44 bits per heavy atom. The third kappa shape index (κ3) is 3.82. The van der Waals surface area contributed by atoms with Crippen LogP contribution in [0.15, 0.2) is 78.9 Å². The summed E-state index contributed by atoms with van der Waals surface area (Å²) in [4.78, 5) is 24.6. The summed E-state index contributed by atoms with van der Waals surface area (Å²) in [6, 6.07) is 24.4. The van der Waals surface area contributed by atoms with Gasteiger partial charge in [0, 0.05) is 23.5 Å². The van der Waals surface area contributed by atoms with Gasteiger partial charge in [0.1, 0.15) is 0 Å². The van der Waals surface area contributed by atoms with Crippen molar-refractivity contribution in [3.8, 4) is 0 Å². The van der Waals surface area contributed by atoms with Crippen molar-refractivity contribution in [2.75, 3.05) is 10.6 Å². The lowest BCUT2D eigenvalue weighted by molar-refractivity contribution is -0.125. The number of carbonyl (C=O) groups is 2. The minimum absolute atomic E-state index is 0.332. The molecule has 1 aliphatic heterocycles. The van der Waals surface area contributed by atoms with Crippen LogP contribution in [0.25, 0.3) is 0 Å². The van der Waals surface area contributed by atoms with Crippen LogP contribution < -0.4 is 10.6 Å². The molecule has 2 N–H and O–H groups in total. The third-order valence-corrected chi connectivity index (χ3v) is 4.40. The van der Waals surface area contributed by atoms with Gasteiger partial charge in [0.2, 0.25) is 0 Å². The van der Waals surface area contributed by atoms with Crippen LogP contribution in [0, 0.1) is 0 Å². The van der Waals surface area contributed by atoms with Gasteiger partial charge >= 0.3 is 5.97 Å². The lowest BCUT2D eigenvalue weighted by Gasteiger charge is -2.23. The number of hydrogen-bond acceptors (Lipinski definition) is 4. The Kier molecular flexibility index (Phi) is 4.58. The van der Waals surface area contributed by atoms with Gasteiger partial charge in [0.25, 0.3) is 5.91 Å². The molecular formula is C22H18N2O3. The highest BCUT2D eigenvalue weighted by Crippen LogP contribution is 2.22. The smallest absolute Gasteiger partial charge is 0.339 e. The third-order valence-electron chi connectivity index (χ3n) is 4.40. The zero-order valence-electron chi connectivity index (χ0n) is 14.5. The van der Waals surface area contributed by atoms with E-state index >= 15 is 0 Å². The molecule has 0 aromatic heterocycles. The highest BCUT2D eigenvalue weighted by molar-refractivity contribution is 6.00. The molecule has 134 valence electrons. The molecule has 5 heteroatoms. The Balaban J connectivity index is 1.41. The lowest BCUT2D eigenvalue weighted by Crippen LogP contribution is -2.37. The van der Waals surface area contributed by atoms with E-state index in [1.54, 1.807) is 12.1 Å². The van der Waals surface area contributed by atoms with Crippen LogP contribution in [0.4, 0.5) is 17.1 Å². The molecule has 0 saturated carbocycles. The number of para-hydroxylation sites is 1. The second kappa shape index (κ2) is 7.33. The maximum atomic E-state index is 12.5. The first-order valence-corrected chi connectivity index (χ1v) is 8.71. The van der Waals surface area contributed by atoms with Crippen molar-refractivity contribution in [1.29, 1.82) is 0 Å². The van der Waals surface area contributed by atoms with Gasteiger partial charge in [-0.2, -0.15) is 0 Å². The van der Waals surface area contributed by atoms with Crippen LogP contribution in [-0.4, -0.2) is 18.0 Å². The molecule has 1 heterocycles. The number of benzene rings is 3. The minimum atomic E-state index is -0.825. The molecular weight excluding hydrogens is 340 g/mol. The first-order valence-electron chi connectivity index (χ1n) is 8.71. The largest absolute Gasteiger partial charge is 0.448 e. The molecule has 3 aromatic carbocycles. The van der Waals surface area contributed by atoms with Gasteiger partial charge in [-0.3, -0.25) is 4.79 Å². The molecule has 4 rings (SSSR count). The van der Waals surface area contributed by atoms with Crippen LogP contribution in [0.5, 0.6) is 0 Å². The number of esters is 1. The van der Waals surface area contributed by atoms with Gasteiger partial charge in [-0.25, -0.2) is 4.79 Å². The molecule has 0 bridgehead atoms. The van der Waals surface area contributed by atoms with Gasteiger partial charge in [0.05, 0.1) is 5.56 Å². The minimum Gasteiger partial charge on any atom is -0.448 e. The monoisotopic (exact) mass is 358 g/mol. The van der Waals surface area contributed by atoms with Gasteiger partial charge in [0.15, 0.2) is 6.10 Å². The quantitative estimate of drug-likeness (QED) is 0.688. The topological polar surface area (TPSA) is 67.4 Å². The van der Waals surface area contributed by atoms with Crippen LogP contribution in [0.1, 0.15) is 15.9 Å². The summed E-state index contributed by atoms with van der Waals surface area (Å²) >= 11 is 0. The normalized spacial score (nSPS) is 15.4. The van der Waals surface area contributed by atoms with Gasteiger partial charge in [-0.1, -0.05) is 36.4 Å². The van der Waals surface area contributed by atoms with Crippen LogP contribution in [0.3, 0.4) is 0 Å². The van der Waals surface area contributed by atoms with E-state index in [0.29, 0.717) is 17.7 Å². The average Bonchev–Trinajstić information content (AvgIpc) is 2.70. The second-order valence-electron chi connectivity index (χ2n) is 6.31. The van der Waals surface area contributed by atoms with Crippen molar-refractivity contribution < 1.29 is 14.3 Å². The molecule has 1 unspecified atom stereocenters. The fourth-order valence-corrected chi connectivity index (χ4v) is 3.03. The first-order chi connectivity index (χ1) is 13.2. The van der Waals surface area contributed by atoms with E-state index in [1.165, 1.54) is 0 Å². The van der Waals surface area contributed by atoms with E-state index in [2.05, 4.69) is 10.6 Å². The zero-order valence-corrected chi connectivity index (χ0v) is 14.5. The fourth-order valence-electron chi connectivity index (χ4n) is 3.03. The Bertz CT molecular complexity index is 968. The van der Waals surface area contributed by atoms with Crippen molar-refractivity contribution in [2.24, 2.45) is 0 Å². The van der Waals surface area contributed by atoms with Crippen molar-refractivity contribution in [3.05, 3.63) is 90.0 Å². The predicted octanol–water partition coefficient (Wildman–Crippen LogP) is 4.15. The molecule has 0 radical (unpaired) electrons. The van der Waals surface area contributed by atoms with E-state index in [0.717, 1.165) is 16.9 Å². The maximum absolute atomic E-state index is 12.5. The highest BCUT2D eigenvalue weighted by Gasteiger charge is 2.30. The Hall–Kier alpha value is -3.60. The molecule has 5 nitrogen and oxygen atoms in total. The van der Waals surface area contributed by atoms with Gasteiger partial charge in [-0.05, 0) is 48.0 Å². The first kappa shape index (κ1) is 16.8. The summed E-state index contributed by atoms with van der Waals surface area (Å²) in [7, 11) is 0. The van der Waals surface area contributed by atoms with Crippen molar-refractivity contribution in [2.45, 2.75) is 12.5 Å². The van der Waals surface area contributed by atoms with E-state index in [-0.39, 0.29) is 5.91 Å². The van der Waals surface area contributed by atoms with Crippen molar-refractivity contribution in [1.82, 2.24) is 0 Å². The molecule has 0 aliphatic carbocycles. The van der Waals surface area contributed by atoms with Crippen LogP contribution in [0.2, 0.25) is 0 Å². The highest BCUT2D eigenvalue weighted by atomic mass is 16.5. The molecule has 3 aromatic rings. The van der Waals surface area contributed by atoms with Crippen LogP contribution in [-0.2, 0) is 16.0 Å². The number of cyclic esters (lactones) is 1. The van der Waals surface area contributed by atoms with Gasteiger partial charge in [-0.15, -0.1) is 0 Å². The van der Waals surface area contributed by atoms with E-state index in [4.69, 9.17) is 4.74 Å².